The standard InChI is InChI=1S/C22H20N2O3S.C3H7NO/c1-25-16-12-15(13-17(26-2)21(16)27-3)22-23-19(14-8-5-4-6-9-14)20(24-22)18-10-7-11-28-18;1-4(2)3-5/h4-13H,1-3H3,(H,23,24);3H,1-2H3. The Hall–Kier alpha value is -3.78. The summed E-state index contributed by atoms with van der Waals surface area (Å²) in [5.74, 6) is 2.47. The molecule has 4 aromatic rings. The Balaban J connectivity index is 0.000000555. The first-order valence-electron chi connectivity index (χ1n) is 10.1. The second-order valence-corrected chi connectivity index (χ2v) is 8.08. The van der Waals surface area contributed by atoms with Crippen molar-refractivity contribution >= 4 is 17.7 Å². The number of aromatic amines is 1. The highest BCUT2D eigenvalue weighted by atomic mass is 32.1. The van der Waals surface area contributed by atoms with E-state index in [0.717, 1.165) is 39.6 Å². The van der Waals surface area contributed by atoms with E-state index < -0.39 is 0 Å². The Morgan fingerprint density at radius 1 is 0.909 bits per heavy atom. The molecule has 8 heteroatoms. The maximum atomic E-state index is 9.43. The van der Waals surface area contributed by atoms with Crippen molar-refractivity contribution in [2.75, 3.05) is 35.4 Å². The van der Waals surface area contributed by atoms with Crippen LogP contribution in [0.15, 0.2) is 60.0 Å². The van der Waals surface area contributed by atoms with Gasteiger partial charge in [0.05, 0.1) is 37.6 Å². The number of H-pyrrole nitrogens is 1. The Bertz CT molecular complexity index is 1150. The Morgan fingerprint density at radius 2 is 1.55 bits per heavy atom. The number of thiophene rings is 1. The minimum atomic E-state index is 0.557. The summed E-state index contributed by atoms with van der Waals surface area (Å²) in [6.07, 6.45) is 0.750. The van der Waals surface area contributed by atoms with Crippen LogP contribution >= 0.6 is 11.3 Å². The highest BCUT2D eigenvalue weighted by Gasteiger charge is 2.19. The lowest BCUT2D eigenvalue weighted by atomic mass is 10.1. The van der Waals surface area contributed by atoms with E-state index in [9.17, 15) is 4.79 Å². The van der Waals surface area contributed by atoms with Crippen LogP contribution in [0.25, 0.3) is 33.2 Å². The molecule has 0 radical (unpaired) electrons. The molecule has 2 heterocycles. The Labute approximate surface area is 197 Å². The van der Waals surface area contributed by atoms with Gasteiger partial charge in [0.25, 0.3) is 0 Å². The number of imidazole rings is 1. The smallest absolute Gasteiger partial charge is 0.209 e. The lowest BCUT2D eigenvalue weighted by molar-refractivity contribution is -0.115. The number of nitrogens with one attached hydrogen (secondary N) is 1. The van der Waals surface area contributed by atoms with E-state index in [-0.39, 0.29) is 0 Å². The summed E-state index contributed by atoms with van der Waals surface area (Å²) in [7, 11) is 8.18. The highest BCUT2D eigenvalue weighted by Crippen LogP contribution is 2.42. The number of benzene rings is 2. The second kappa shape index (κ2) is 11.2. The van der Waals surface area contributed by atoms with E-state index in [1.54, 1.807) is 46.8 Å². The highest BCUT2D eigenvalue weighted by molar-refractivity contribution is 7.13. The maximum absolute atomic E-state index is 9.43. The van der Waals surface area contributed by atoms with Gasteiger partial charge in [-0.05, 0) is 23.6 Å². The summed E-state index contributed by atoms with van der Waals surface area (Å²) in [6.45, 7) is 0. The van der Waals surface area contributed by atoms with Crippen molar-refractivity contribution in [1.82, 2.24) is 14.9 Å². The third kappa shape index (κ3) is 5.53. The molecule has 2 aromatic carbocycles. The molecular weight excluding hydrogens is 438 g/mol. The molecule has 0 aliphatic heterocycles. The predicted octanol–water partition coefficient (Wildman–Crippen LogP) is 5.20. The van der Waals surface area contributed by atoms with Crippen LogP contribution < -0.4 is 14.2 Å². The molecule has 4 rings (SSSR count). The van der Waals surface area contributed by atoms with Crippen molar-refractivity contribution in [3.8, 4) is 50.5 Å². The average Bonchev–Trinajstić information content (AvgIpc) is 3.54. The topological polar surface area (TPSA) is 76.7 Å². The van der Waals surface area contributed by atoms with Gasteiger partial charge < -0.3 is 24.1 Å². The molecule has 0 saturated carbocycles. The average molecular weight is 466 g/mol. The van der Waals surface area contributed by atoms with E-state index >= 15 is 0 Å². The Morgan fingerprint density at radius 3 is 2.03 bits per heavy atom. The van der Waals surface area contributed by atoms with Crippen LogP contribution in [0.2, 0.25) is 0 Å². The predicted molar refractivity (Wildman–Crippen MR) is 132 cm³/mol. The van der Waals surface area contributed by atoms with Crippen LogP contribution in [0, 0.1) is 0 Å². The molecular formula is C25H27N3O4S. The van der Waals surface area contributed by atoms with Gasteiger partial charge in [0.2, 0.25) is 12.2 Å². The molecule has 1 N–H and O–H groups in total. The number of hydrogen-bond acceptors (Lipinski definition) is 6. The third-order valence-corrected chi connectivity index (χ3v) is 5.55. The fourth-order valence-electron chi connectivity index (χ4n) is 3.13. The first-order chi connectivity index (χ1) is 16.0. The number of nitrogens with zero attached hydrogens (tertiary/aromatic N) is 2. The fourth-order valence-corrected chi connectivity index (χ4v) is 3.86. The summed E-state index contributed by atoms with van der Waals surface area (Å²) in [4.78, 5) is 20.4. The van der Waals surface area contributed by atoms with Crippen molar-refractivity contribution in [1.29, 1.82) is 0 Å². The maximum Gasteiger partial charge on any atom is 0.209 e. The zero-order chi connectivity index (χ0) is 23.8. The quantitative estimate of drug-likeness (QED) is 0.380. The number of ether oxygens (including phenoxy) is 3. The molecule has 0 saturated heterocycles. The van der Waals surface area contributed by atoms with Gasteiger partial charge in [0, 0.05) is 25.2 Å². The summed E-state index contributed by atoms with van der Waals surface area (Å²) < 4.78 is 16.4. The van der Waals surface area contributed by atoms with Crippen LogP contribution in [-0.4, -0.2) is 56.7 Å². The third-order valence-electron chi connectivity index (χ3n) is 4.67. The minimum absolute atomic E-state index is 0.557. The number of aromatic nitrogens is 2. The number of rotatable bonds is 7. The molecule has 0 atom stereocenters. The number of methoxy groups -OCH3 is 3. The van der Waals surface area contributed by atoms with E-state index in [1.165, 1.54) is 4.90 Å². The van der Waals surface area contributed by atoms with Gasteiger partial charge in [-0.2, -0.15) is 0 Å². The first-order valence-corrected chi connectivity index (χ1v) is 11.0. The lowest BCUT2D eigenvalue weighted by Crippen LogP contribution is -2.06. The molecule has 0 aliphatic rings. The van der Waals surface area contributed by atoms with Gasteiger partial charge in [0.15, 0.2) is 11.5 Å². The van der Waals surface area contributed by atoms with Gasteiger partial charge in [-0.15, -0.1) is 11.3 Å². The van der Waals surface area contributed by atoms with Crippen LogP contribution in [0.1, 0.15) is 0 Å². The van der Waals surface area contributed by atoms with Crippen molar-refractivity contribution in [3.63, 3.8) is 0 Å². The lowest BCUT2D eigenvalue weighted by Gasteiger charge is -2.13. The normalized spacial score (nSPS) is 10.1. The van der Waals surface area contributed by atoms with E-state index in [4.69, 9.17) is 19.2 Å². The zero-order valence-corrected chi connectivity index (χ0v) is 20.1. The monoisotopic (exact) mass is 465 g/mol. The molecule has 0 aliphatic carbocycles. The van der Waals surface area contributed by atoms with Crippen LogP contribution in [0.5, 0.6) is 17.2 Å². The fraction of sp³-hybridized carbons (Fsp3) is 0.200. The number of carbonyl (C=O) groups excluding carboxylic acids is 1. The molecule has 0 fully saturated rings. The molecule has 1 amide bonds. The first kappa shape index (κ1) is 23.9. The van der Waals surface area contributed by atoms with Gasteiger partial charge in [-0.25, -0.2) is 4.98 Å². The van der Waals surface area contributed by atoms with Crippen LogP contribution in [-0.2, 0) is 4.79 Å². The number of amides is 1. The summed E-state index contributed by atoms with van der Waals surface area (Å²) in [5, 5.41) is 2.06. The van der Waals surface area contributed by atoms with E-state index in [2.05, 4.69) is 28.6 Å². The zero-order valence-electron chi connectivity index (χ0n) is 19.3. The molecule has 2 aromatic heterocycles. The molecule has 0 spiro atoms. The molecule has 0 bridgehead atoms. The SMILES string of the molecule is CN(C)C=O.COc1cc(-c2nc(-c3ccccc3)c(-c3cccs3)[nH]2)cc(OC)c1OC. The van der Waals surface area contributed by atoms with Crippen molar-refractivity contribution in [2.24, 2.45) is 0 Å². The molecule has 172 valence electrons. The second-order valence-electron chi connectivity index (χ2n) is 7.14. The number of hydrogen-bond donors (Lipinski definition) is 1. The van der Waals surface area contributed by atoms with Gasteiger partial charge in [0.1, 0.15) is 5.82 Å². The summed E-state index contributed by atoms with van der Waals surface area (Å²) in [5.41, 5.74) is 3.81. The summed E-state index contributed by atoms with van der Waals surface area (Å²) >= 11 is 1.67. The van der Waals surface area contributed by atoms with E-state index in [1.807, 2.05) is 36.4 Å². The number of carbonyl (C=O) groups is 1. The van der Waals surface area contributed by atoms with Crippen LogP contribution in [0.3, 0.4) is 0 Å². The Kier molecular flexibility index (Phi) is 8.10. The van der Waals surface area contributed by atoms with E-state index in [0.29, 0.717) is 17.2 Å². The van der Waals surface area contributed by atoms with Crippen molar-refractivity contribution in [2.45, 2.75) is 0 Å². The summed E-state index contributed by atoms with van der Waals surface area (Å²) in [6, 6.07) is 18.1. The molecule has 33 heavy (non-hydrogen) atoms. The van der Waals surface area contributed by atoms with Gasteiger partial charge >= 0.3 is 0 Å². The van der Waals surface area contributed by atoms with Gasteiger partial charge in [-0.3, -0.25) is 4.79 Å². The van der Waals surface area contributed by atoms with Gasteiger partial charge in [-0.1, -0.05) is 36.4 Å². The minimum Gasteiger partial charge on any atom is -0.493 e. The van der Waals surface area contributed by atoms with Crippen LogP contribution in [0.4, 0.5) is 0 Å². The molecule has 7 nitrogen and oxygen atoms in total. The largest absolute Gasteiger partial charge is 0.493 e. The van der Waals surface area contributed by atoms with Crippen molar-refractivity contribution in [3.05, 3.63) is 60.0 Å². The molecule has 0 unspecified atom stereocenters. The van der Waals surface area contributed by atoms with Crippen molar-refractivity contribution < 1.29 is 19.0 Å².